The topological polar surface area (TPSA) is 91.3 Å². The average molecular weight is 1120 g/mol. The van der Waals surface area contributed by atoms with Crippen molar-refractivity contribution in [3.05, 3.63) is 160 Å². The van der Waals surface area contributed by atoms with Crippen LogP contribution in [0.2, 0.25) is 0 Å². The van der Waals surface area contributed by atoms with Gasteiger partial charge < -0.3 is 29.1 Å². The Kier molecular flexibility index (Phi) is 22.5. The van der Waals surface area contributed by atoms with E-state index in [2.05, 4.69) is 173 Å². The van der Waals surface area contributed by atoms with Gasteiger partial charge in [0.2, 0.25) is 11.2 Å². The molecule has 422 valence electrons. The van der Waals surface area contributed by atoms with Crippen LogP contribution >= 0.6 is 35.3 Å². The van der Waals surface area contributed by atoms with E-state index in [9.17, 15) is 9.59 Å². The summed E-state index contributed by atoms with van der Waals surface area (Å²) in [5, 5.41) is 0. The fourth-order valence-corrected chi connectivity index (χ4v) is 13.3. The van der Waals surface area contributed by atoms with Gasteiger partial charge in [-0.2, -0.15) is 0 Å². The lowest BCUT2D eigenvalue weighted by Crippen LogP contribution is -2.33. The van der Waals surface area contributed by atoms with Crippen LogP contribution in [0, 0.1) is 0 Å². The summed E-state index contributed by atoms with van der Waals surface area (Å²) in [6, 6.07) is 35.6. The van der Waals surface area contributed by atoms with Crippen LogP contribution in [-0.2, 0) is 20.7 Å². The largest absolute Gasteiger partial charge is 0.439 e. The second kappa shape index (κ2) is 29.2. The molecule has 2 aliphatic rings. The Labute approximate surface area is 486 Å². The molecular weight excluding hydrogens is 1040 g/mol. The van der Waals surface area contributed by atoms with E-state index in [0.717, 1.165) is 126 Å². The smallest absolute Gasteiger partial charge is 0.341 e. The van der Waals surface area contributed by atoms with E-state index in [1.807, 2.05) is 18.2 Å². The van der Waals surface area contributed by atoms with Crippen LogP contribution in [0.15, 0.2) is 130 Å². The number of rotatable bonds is 28. The minimum absolute atomic E-state index is 0.319. The second-order valence-electron chi connectivity index (χ2n) is 20.1. The first-order chi connectivity index (χ1) is 38.5. The molecule has 79 heavy (non-hydrogen) atoms. The normalized spacial score (nSPS) is 14.9. The number of carbonyl (C=O) groups is 2. The molecule has 8 rings (SSSR count). The van der Waals surface area contributed by atoms with Crippen LogP contribution in [0.3, 0.4) is 0 Å². The number of carbonyl (C=O) groups excluding carboxylic acids is 2. The molecule has 1 atom stereocenters. The Morgan fingerprint density at radius 3 is 1.22 bits per heavy atom. The molecule has 2 aromatic heterocycles. The number of hydrogen-bond donors (Lipinski definition) is 0. The first kappa shape index (κ1) is 61.0. The highest BCUT2D eigenvalue weighted by atomic mass is 32.2. The Bertz CT molecular complexity index is 2860. The van der Waals surface area contributed by atoms with Crippen molar-refractivity contribution < 1.29 is 19.1 Å². The number of thioether (sulfide) groups is 3. The summed E-state index contributed by atoms with van der Waals surface area (Å²) in [4.78, 5) is 49.3. The van der Waals surface area contributed by atoms with Gasteiger partial charge in [-0.05, 0) is 144 Å². The van der Waals surface area contributed by atoms with Gasteiger partial charge in [0.1, 0.15) is 11.4 Å². The van der Waals surface area contributed by atoms with Gasteiger partial charge in [-0.25, -0.2) is 9.59 Å². The third-order valence-electron chi connectivity index (χ3n) is 15.4. The number of cyclic esters (lactones) is 2. The minimum Gasteiger partial charge on any atom is -0.439 e. The predicted molar refractivity (Wildman–Crippen MR) is 336 cm³/mol. The van der Waals surface area contributed by atoms with Gasteiger partial charge in [0.25, 0.3) is 0 Å². The summed E-state index contributed by atoms with van der Waals surface area (Å²) in [7, 11) is 0. The highest BCUT2D eigenvalue weighted by Gasteiger charge is 2.53. The molecule has 0 amide bonds. The predicted octanol–water partition coefficient (Wildman–Crippen LogP) is 16.1. The quantitative estimate of drug-likeness (QED) is 0.0345. The third kappa shape index (κ3) is 12.9. The molecule has 13 heteroatoms. The average Bonchev–Trinajstić information content (AvgIpc) is 4.17. The van der Waals surface area contributed by atoms with Crippen LogP contribution in [0.4, 0.5) is 22.7 Å². The number of benzene rings is 4. The molecule has 0 saturated carbocycles. The maximum Gasteiger partial charge on any atom is 0.341 e. The maximum absolute atomic E-state index is 13.6. The lowest BCUT2D eigenvalue weighted by Gasteiger charge is -2.34. The van der Waals surface area contributed by atoms with Gasteiger partial charge in [0.05, 0.1) is 11.1 Å². The molecule has 0 fully saturated rings. The molecule has 1 unspecified atom stereocenters. The summed E-state index contributed by atoms with van der Waals surface area (Å²) in [5.41, 5.74) is 8.79. The first-order valence-corrected chi connectivity index (χ1v) is 32.6. The van der Waals surface area contributed by atoms with Crippen molar-refractivity contribution in [3.8, 4) is 0 Å². The summed E-state index contributed by atoms with van der Waals surface area (Å²) >= 11 is 5.19. The Hall–Kier alpha value is -5.63. The lowest BCUT2D eigenvalue weighted by molar-refractivity contribution is 0.0222. The van der Waals surface area contributed by atoms with Crippen LogP contribution in [-0.4, -0.2) is 92.5 Å². The number of pyridine rings is 2. The number of ether oxygens (including phenoxy) is 2. The van der Waals surface area contributed by atoms with Gasteiger partial charge in [-0.3, -0.25) is 9.97 Å². The molecule has 10 nitrogen and oxygen atoms in total. The molecule has 0 saturated heterocycles. The van der Waals surface area contributed by atoms with Crippen molar-refractivity contribution in [2.75, 3.05) is 90.2 Å². The van der Waals surface area contributed by atoms with Crippen LogP contribution < -0.4 is 19.6 Å². The zero-order valence-electron chi connectivity index (χ0n) is 49.0. The number of nitrogens with zero attached hydrogens (tertiary/aromatic N) is 6. The zero-order chi connectivity index (χ0) is 56.5. The standard InChI is InChI=1S/C37H51N3O2S2.C29H35N3O2S/c1-7-11-22-39(23-12-8-2)28-17-19-31(33(26-28)43-5)37(35-30(36(41)42-37)16-15-21-38-35)32-20-18-29(27-34(32)44-6)40(24-13-9-3)25-14-10-4;1-6-31(7-2)22-15-13-21(14-16-22)29(27-24(28(33)34-29)12-11-19-30-27)25-18-17-23(32(8-3)9-4)20-26(25)35-10-5/h15-21,26-27H,7-14,22-25H2,1-6H3;11-20H,6-10H2,1-5H3. The van der Waals surface area contributed by atoms with Crippen LogP contribution in [0.1, 0.15) is 168 Å². The Morgan fingerprint density at radius 1 is 0.443 bits per heavy atom. The molecule has 4 aromatic carbocycles. The molecule has 0 aliphatic carbocycles. The van der Waals surface area contributed by atoms with E-state index in [-0.39, 0.29) is 11.9 Å². The van der Waals surface area contributed by atoms with E-state index in [1.165, 1.54) is 42.7 Å². The van der Waals surface area contributed by atoms with Gasteiger partial charge in [-0.1, -0.05) is 90.6 Å². The molecule has 0 radical (unpaired) electrons. The third-order valence-corrected chi connectivity index (χ3v) is 17.9. The number of aromatic nitrogens is 2. The second-order valence-corrected chi connectivity index (χ2v) is 23.1. The molecule has 0 spiro atoms. The molecule has 2 aliphatic heterocycles. The van der Waals surface area contributed by atoms with Crippen LogP contribution in [0.5, 0.6) is 0 Å². The number of esters is 2. The van der Waals surface area contributed by atoms with Crippen molar-refractivity contribution in [2.24, 2.45) is 0 Å². The fraction of sp³-hybridized carbons (Fsp3) is 0.455. The van der Waals surface area contributed by atoms with E-state index >= 15 is 0 Å². The van der Waals surface area contributed by atoms with E-state index < -0.39 is 11.2 Å². The molecule has 0 bridgehead atoms. The summed E-state index contributed by atoms with van der Waals surface area (Å²) in [6.07, 6.45) is 17.1. The van der Waals surface area contributed by atoms with Crippen molar-refractivity contribution in [3.63, 3.8) is 0 Å². The minimum atomic E-state index is -1.13. The van der Waals surface area contributed by atoms with Crippen LogP contribution in [0.25, 0.3) is 0 Å². The highest BCUT2D eigenvalue weighted by molar-refractivity contribution is 7.99. The first-order valence-electron chi connectivity index (χ1n) is 29.1. The Balaban J connectivity index is 0.000000234. The van der Waals surface area contributed by atoms with Crippen molar-refractivity contribution >= 4 is 70.0 Å². The van der Waals surface area contributed by atoms with Gasteiger partial charge in [-0.15, -0.1) is 35.3 Å². The number of anilines is 4. The van der Waals surface area contributed by atoms with E-state index in [4.69, 9.17) is 19.4 Å². The summed E-state index contributed by atoms with van der Waals surface area (Å²) in [6.45, 7) is 27.7. The van der Waals surface area contributed by atoms with Gasteiger partial charge in [0.15, 0.2) is 0 Å². The van der Waals surface area contributed by atoms with Gasteiger partial charge in [0, 0.05) is 124 Å². The Morgan fingerprint density at radius 2 is 0.810 bits per heavy atom. The number of hydrogen-bond acceptors (Lipinski definition) is 13. The molecule has 6 aromatic rings. The zero-order valence-corrected chi connectivity index (χ0v) is 51.5. The fourth-order valence-electron chi connectivity index (χ4n) is 11.1. The van der Waals surface area contributed by atoms with Crippen molar-refractivity contribution in [2.45, 2.75) is 140 Å². The summed E-state index contributed by atoms with van der Waals surface area (Å²) < 4.78 is 12.9. The molecule has 4 heterocycles. The monoisotopic (exact) mass is 1120 g/mol. The lowest BCUT2D eigenvalue weighted by atomic mass is 9.82. The highest BCUT2D eigenvalue weighted by Crippen LogP contribution is 2.53. The van der Waals surface area contributed by atoms with E-state index in [0.29, 0.717) is 22.5 Å². The van der Waals surface area contributed by atoms with Crippen molar-refractivity contribution in [1.29, 1.82) is 0 Å². The SMILES string of the molecule is CCCCN(CCCC)c1ccc(C2(c3ccc(N(CCCC)CCCC)cc3SC)OC(=O)c3cccnc32)c(SC)c1.CCSc1cc(N(CC)CC)ccc1C1(c2ccc(N(CC)CC)cc2)OC(=O)c2cccnc21. The maximum atomic E-state index is 13.6. The number of fused-ring (bicyclic) bond motifs is 2. The summed E-state index contributed by atoms with van der Waals surface area (Å²) in [5.74, 6) is 0.260. The molecular formula is C66H86N6O4S3. The van der Waals surface area contributed by atoms with Crippen molar-refractivity contribution in [1.82, 2.24) is 9.97 Å². The van der Waals surface area contributed by atoms with E-state index in [1.54, 1.807) is 53.7 Å². The number of unbranched alkanes of at least 4 members (excludes halogenated alkanes) is 4. The van der Waals surface area contributed by atoms with Gasteiger partial charge >= 0.3 is 11.9 Å². The molecule has 0 N–H and O–H groups in total.